The van der Waals surface area contributed by atoms with Gasteiger partial charge in [-0.15, -0.1) is 22.9 Å². The topological polar surface area (TPSA) is 15.8 Å². The second-order valence-corrected chi connectivity index (χ2v) is 6.27. The Bertz CT molecular complexity index is 876. The zero-order chi connectivity index (χ0) is 13.5. The van der Waals surface area contributed by atoms with Crippen LogP contribution in [0.4, 0.5) is 0 Å². The van der Waals surface area contributed by atoms with E-state index < -0.39 is 0 Å². The molecule has 0 saturated heterocycles. The van der Waals surface area contributed by atoms with Gasteiger partial charge in [0, 0.05) is 26.7 Å². The Hall–Kier alpha value is -1.77. The average Bonchev–Trinajstić information content (AvgIpc) is 3.13. The number of hydrogen-bond acceptors (Lipinski definition) is 1. The predicted molar refractivity (Wildman–Crippen MR) is 87.8 cm³/mol. The molecule has 0 spiro atoms. The lowest BCUT2D eigenvalue weighted by Gasteiger charge is -2.07. The van der Waals surface area contributed by atoms with Crippen molar-refractivity contribution in [1.29, 1.82) is 0 Å². The number of fused-ring (bicyclic) bond motifs is 3. The van der Waals surface area contributed by atoms with E-state index in [1.54, 1.807) is 11.3 Å². The molecule has 1 nitrogen and oxygen atoms in total. The van der Waals surface area contributed by atoms with Crippen molar-refractivity contribution in [1.82, 2.24) is 4.98 Å². The van der Waals surface area contributed by atoms with Crippen LogP contribution in [0, 0.1) is 0 Å². The second kappa shape index (κ2) is 4.65. The summed E-state index contributed by atoms with van der Waals surface area (Å²) >= 11 is 8.29. The smallest absolute Gasteiger partial charge is 0.0928 e. The van der Waals surface area contributed by atoms with Gasteiger partial charge in [0.15, 0.2) is 0 Å². The molecule has 20 heavy (non-hydrogen) atoms. The van der Waals surface area contributed by atoms with E-state index in [9.17, 15) is 0 Å². The maximum atomic E-state index is 6.59. The summed E-state index contributed by atoms with van der Waals surface area (Å²) in [6.45, 7) is 0. The molecule has 1 N–H and O–H groups in total. The summed E-state index contributed by atoms with van der Waals surface area (Å²) in [6, 6.07) is 18.9. The van der Waals surface area contributed by atoms with E-state index in [-0.39, 0.29) is 5.38 Å². The van der Waals surface area contributed by atoms with E-state index in [1.807, 2.05) is 6.07 Å². The Morgan fingerprint density at radius 1 is 0.900 bits per heavy atom. The lowest BCUT2D eigenvalue weighted by atomic mass is 10.1. The molecule has 2 aromatic heterocycles. The summed E-state index contributed by atoms with van der Waals surface area (Å²) in [4.78, 5) is 4.62. The molecular formula is C17H12ClNS. The van der Waals surface area contributed by atoms with Crippen LogP contribution in [-0.2, 0) is 0 Å². The summed E-state index contributed by atoms with van der Waals surface area (Å²) < 4.78 is 0. The highest BCUT2D eigenvalue weighted by Crippen LogP contribution is 2.35. The first-order valence-electron chi connectivity index (χ1n) is 6.51. The van der Waals surface area contributed by atoms with Crippen LogP contribution in [-0.4, -0.2) is 4.98 Å². The average molecular weight is 298 g/mol. The number of halogens is 1. The normalized spacial score (nSPS) is 13.1. The lowest BCUT2D eigenvalue weighted by Crippen LogP contribution is -1.89. The first kappa shape index (κ1) is 12.0. The van der Waals surface area contributed by atoms with Gasteiger partial charge in [-0.05, 0) is 35.2 Å². The number of para-hydroxylation sites is 1. The highest BCUT2D eigenvalue weighted by molar-refractivity contribution is 7.10. The Balaban J connectivity index is 1.91. The Labute approximate surface area is 125 Å². The molecule has 4 rings (SSSR count). The molecule has 1 atom stereocenters. The Morgan fingerprint density at radius 3 is 2.60 bits per heavy atom. The van der Waals surface area contributed by atoms with Crippen LogP contribution in [0.25, 0.3) is 21.8 Å². The second-order valence-electron chi connectivity index (χ2n) is 4.85. The SMILES string of the molecule is ClC(c1ccc2[nH]c3ccccc3c2c1)c1cccs1. The minimum absolute atomic E-state index is 0.0759. The third-order valence-corrected chi connectivity index (χ3v) is 5.17. The fraction of sp³-hybridized carbons (Fsp3) is 0.0588. The van der Waals surface area contributed by atoms with Gasteiger partial charge in [0.1, 0.15) is 0 Å². The third-order valence-electron chi connectivity index (χ3n) is 3.62. The molecule has 4 aromatic rings. The highest BCUT2D eigenvalue weighted by Gasteiger charge is 2.13. The Morgan fingerprint density at radius 2 is 1.75 bits per heavy atom. The molecule has 0 fully saturated rings. The molecule has 0 aliphatic rings. The zero-order valence-corrected chi connectivity index (χ0v) is 12.2. The molecule has 0 saturated carbocycles. The van der Waals surface area contributed by atoms with Crippen LogP contribution in [0.15, 0.2) is 60.0 Å². The standard InChI is InChI=1S/C17H12ClNS/c18-17(16-6-3-9-20-16)11-7-8-15-13(10-11)12-4-1-2-5-14(12)19-15/h1-10,17,19H. The van der Waals surface area contributed by atoms with Gasteiger partial charge in [0.25, 0.3) is 0 Å². The third kappa shape index (κ3) is 1.84. The van der Waals surface area contributed by atoms with Crippen molar-refractivity contribution in [2.24, 2.45) is 0 Å². The first-order chi connectivity index (χ1) is 9.83. The fourth-order valence-electron chi connectivity index (χ4n) is 2.62. The summed E-state index contributed by atoms with van der Waals surface area (Å²) in [5, 5.41) is 4.47. The van der Waals surface area contributed by atoms with Gasteiger partial charge in [0.2, 0.25) is 0 Å². The van der Waals surface area contributed by atoms with Gasteiger partial charge >= 0.3 is 0 Å². The number of nitrogens with one attached hydrogen (secondary N) is 1. The van der Waals surface area contributed by atoms with Crippen LogP contribution in [0.5, 0.6) is 0 Å². The largest absolute Gasteiger partial charge is 0.355 e. The number of H-pyrrole nitrogens is 1. The van der Waals surface area contributed by atoms with Crippen LogP contribution in [0.2, 0.25) is 0 Å². The van der Waals surface area contributed by atoms with Crippen molar-refractivity contribution in [3.8, 4) is 0 Å². The van der Waals surface area contributed by atoms with E-state index in [1.165, 1.54) is 21.2 Å². The number of aromatic amines is 1. The van der Waals surface area contributed by atoms with Gasteiger partial charge in [-0.1, -0.05) is 30.3 Å². The van der Waals surface area contributed by atoms with Gasteiger partial charge in [-0.25, -0.2) is 0 Å². The summed E-state index contributed by atoms with van der Waals surface area (Å²) in [5.41, 5.74) is 3.47. The highest BCUT2D eigenvalue weighted by atomic mass is 35.5. The van der Waals surface area contributed by atoms with Crippen LogP contribution < -0.4 is 0 Å². The summed E-state index contributed by atoms with van der Waals surface area (Å²) in [6.07, 6.45) is 0. The van der Waals surface area contributed by atoms with Gasteiger partial charge in [0.05, 0.1) is 5.38 Å². The number of thiophene rings is 1. The van der Waals surface area contributed by atoms with Crippen molar-refractivity contribution in [2.45, 2.75) is 5.38 Å². The molecule has 0 aliphatic carbocycles. The predicted octanol–water partition coefficient (Wildman–Crippen LogP) is 5.71. The maximum absolute atomic E-state index is 6.59. The van der Waals surface area contributed by atoms with Crippen LogP contribution in [0.3, 0.4) is 0 Å². The van der Waals surface area contributed by atoms with Crippen LogP contribution in [0.1, 0.15) is 15.8 Å². The minimum Gasteiger partial charge on any atom is -0.355 e. The molecule has 2 heterocycles. The lowest BCUT2D eigenvalue weighted by molar-refractivity contribution is 1.19. The van der Waals surface area contributed by atoms with Crippen molar-refractivity contribution < 1.29 is 0 Å². The summed E-state index contributed by atoms with van der Waals surface area (Å²) in [7, 11) is 0. The molecule has 0 radical (unpaired) electrons. The number of hydrogen-bond donors (Lipinski definition) is 1. The number of rotatable bonds is 2. The first-order valence-corrected chi connectivity index (χ1v) is 7.82. The van der Waals surface area contributed by atoms with Gasteiger partial charge < -0.3 is 4.98 Å². The quantitative estimate of drug-likeness (QED) is 0.456. The van der Waals surface area contributed by atoms with E-state index >= 15 is 0 Å². The minimum atomic E-state index is -0.0759. The van der Waals surface area contributed by atoms with E-state index in [2.05, 4.69) is 58.9 Å². The summed E-state index contributed by atoms with van der Waals surface area (Å²) in [5.74, 6) is 0. The fourth-order valence-corrected chi connectivity index (χ4v) is 3.71. The van der Waals surface area contributed by atoms with E-state index in [4.69, 9.17) is 11.6 Å². The molecule has 2 aromatic carbocycles. The molecule has 1 unspecified atom stereocenters. The molecule has 98 valence electrons. The zero-order valence-electron chi connectivity index (χ0n) is 10.6. The Kier molecular flexibility index (Phi) is 2.79. The van der Waals surface area contributed by atoms with Crippen molar-refractivity contribution in [2.75, 3.05) is 0 Å². The van der Waals surface area contributed by atoms with Crippen molar-refractivity contribution in [3.63, 3.8) is 0 Å². The maximum Gasteiger partial charge on any atom is 0.0928 e. The monoisotopic (exact) mass is 297 g/mol. The number of alkyl halides is 1. The number of aromatic nitrogens is 1. The number of benzene rings is 2. The molecule has 0 bridgehead atoms. The van der Waals surface area contributed by atoms with Crippen molar-refractivity contribution in [3.05, 3.63) is 70.4 Å². The molecule has 0 aliphatic heterocycles. The molecule has 0 amide bonds. The van der Waals surface area contributed by atoms with Gasteiger partial charge in [-0.2, -0.15) is 0 Å². The van der Waals surface area contributed by atoms with Gasteiger partial charge in [-0.3, -0.25) is 0 Å². The molecular weight excluding hydrogens is 286 g/mol. The van der Waals surface area contributed by atoms with Crippen molar-refractivity contribution >= 4 is 44.7 Å². The van der Waals surface area contributed by atoms with E-state index in [0.717, 1.165) is 11.1 Å². The van der Waals surface area contributed by atoms with E-state index in [0.29, 0.717) is 0 Å². The molecule has 3 heteroatoms. The van der Waals surface area contributed by atoms with Crippen LogP contribution >= 0.6 is 22.9 Å².